The smallest absolute Gasteiger partial charge is 0.0795 e. The van der Waals surface area contributed by atoms with E-state index in [0.29, 0.717) is 0 Å². The third-order valence-corrected chi connectivity index (χ3v) is 3.35. The summed E-state index contributed by atoms with van der Waals surface area (Å²) in [4.78, 5) is 0. The van der Waals surface area contributed by atoms with E-state index in [-0.39, 0.29) is 0 Å². The first-order valence-electron chi connectivity index (χ1n) is 4.87. The van der Waals surface area contributed by atoms with Crippen molar-refractivity contribution in [3.8, 4) is 0 Å². The van der Waals surface area contributed by atoms with Crippen LogP contribution in [0.3, 0.4) is 0 Å². The fraction of sp³-hybridized carbons (Fsp3) is 0.600. The zero-order valence-electron chi connectivity index (χ0n) is 8.64. The van der Waals surface area contributed by atoms with Crippen LogP contribution in [0.4, 0.5) is 5.69 Å². The summed E-state index contributed by atoms with van der Waals surface area (Å²) in [6, 6.07) is 0. The van der Waals surface area contributed by atoms with Gasteiger partial charge in [0.1, 0.15) is 0 Å². The number of unbranched alkanes of at least 4 members (excludes halogenated alkanes) is 1. The van der Waals surface area contributed by atoms with E-state index >= 15 is 0 Å². The minimum Gasteiger partial charge on any atom is -0.384 e. The van der Waals surface area contributed by atoms with Crippen LogP contribution in [0.25, 0.3) is 0 Å². The van der Waals surface area contributed by atoms with Crippen molar-refractivity contribution in [2.75, 3.05) is 25.5 Å². The van der Waals surface area contributed by atoms with E-state index < -0.39 is 0 Å². The first-order valence-corrected chi connectivity index (χ1v) is 5.68. The lowest BCUT2D eigenvalue weighted by Crippen LogP contribution is -2.11. The third-order valence-electron chi connectivity index (χ3n) is 2.30. The van der Waals surface area contributed by atoms with Crippen molar-refractivity contribution in [1.29, 1.82) is 0 Å². The highest BCUT2D eigenvalue weighted by atomic mass is 32.1. The Morgan fingerprint density at radius 2 is 1.71 bits per heavy atom. The van der Waals surface area contributed by atoms with Gasteiger partial charge in [-0.3, -0.25) is 0 Å². The van der Waals surface area contributed by atoms with Crippen molar-refractivity contribution in [2.24, 2.45) is 0 Å². The van der Waals surface area contributed by atoms with Gasteiger partial charge in [0.15, 0.2) is 0 Å². The van der Waals surface area contributed by atoms with Gasteiger partial charge in [0.25, 0.3) is 0 Å². The summed E-state index contributed by atoms with van der Waals surface area (Å²) in [5.74, 6) is 0. The fourth-order valence-electron chi connectivity index (χ4n) is 1.36. The Labute approximate surface area is 95.4 Å². The molecule has 1 rings (SSSR count). The molecule has 1 aromatic carbocycles. The van der Waals surface area contributed by atoms with Gasteiger partial charge in [-0.2, -0.15) is 0 Å². The fourth-order valence-corrected chi connectivity index (χ4v) is 1.94. The van der Waals surface area contributed by atoms with Gasteiger partial charge in [0, 0.05) is 6.54 Å². The number of nitrogens with one attached hydrogen (secondary N) is 2. The highest BCUT2D eigenvalue weighted by Gasteiger charge is 2.08. The molecule has 0 aliphatic rings. The largest absolute Gasteiger partial charge is 0.384 e. The maximum Gasteiger partial charge on any atom is 0.0795 e. The van der Waals surface area contributed by atoms with E-state index in [1.54, 1.807) is 0 Å². The monoisotopic (exact) mass is 228 g/mol. The summed E-state index contributed by atoms with van der Waals surface area (Å²) < 4.78 is 1.70. The summed E-state index contributed by atoms with van der Waals surface area (Å²) in [5.41, 5.74) is 2.24. The first kappa shape index (κ1) is 11.8. The maximum atomic E-state index is 5.13. The average molecular weight is 228 g/mol. The summed E-state index contributed by atoms with van der Waals surface area (Å²) in [6.45, 7) is 4.08. The second kappa shape index (κ2) is 5.53. The summed E-state index contributed by atoms with van der Waals surface area (Å²) in [5, 5.41) is 6.45. The Balaban J connectivity index is 2.27. The minimum atomic E-state index is 0.839. The zero-order valence-corrected chi connectivity index (χ0v) is 10.3. The Bertz CT molecular complexity index is 364. The third kappa shape index (κ3) is 2.59. The second-order valence-electron chi connectivity index (χ2n) is 3.40. The molecule has 14 heavy (non-hydrogen) atoms. The van der Waals surface area contributed by atoms with Gasteiger partial charge in [-0.25, -0.2) is 0 Å². The van der Waals surface area contributed by atoms with Crippen LogP contribution in [0.15, 0.2) is 0 Å². The summed E-state index contributed by atoms with van der Waals surface area (Å²) in [7, 11) is 1.97. The Morgan fingerprint density at radius 3 is 2.29 bits per heavy atom. The lowest BCUT2D eigenvalue weighted by molar-refractivity contribution is 0.694. The topological polar surface area (TPSA) is 24.1 Å². The van der Waals surface area contributed by atoms with Gasteiger partial charge >= 0.3 is 0 Å². The lowest BCUT2D eigenvalue weighted by atomic mass is 10.1. The molecule has 0 aromatic heterocycles. The first-order chi connectivity index (χ1) is 6.68. The van der Waals surface area contributed by atoms with Crippen molar-refractivity contribution in [2.45, 2.75) is 19.8 Å². The van der Waals surface area contributed by atoms with Gasteiger partial charge in [-0.1, -0.05) is 24.4 Å². The molecule has 78 valence electrons. The molecular weight excluding hydrogens is 212 g/mol. The van der Waals surface area contributed by atoms with Crippen molar-refractivity contribution in [3.05, 3.63) is 14.6 Å². The molecule has 2 N–H and O–H groups in total. The predicted molar refractivity (Wildman–Crippen MR) is 66.9 cm³/mol. The molecule has 0 unspecified atom stereocenters. The van der Waals surface area contributed by atoms with Crippen LogP contribution in [0.5, 0.6) is 0 Å². The lowest BCUT2D eigenvalue weighted by Gasteiger charge is -2.12. The van der Waals surface area contributed by atoms with Crippen LogP contribution in [-0.4, -0.2) is 20.1 Å². The molecule has 0 aliphatic carbocycles. The van der Waals surface area contributed by atoms with Crippen LogP contribution in [0.2, 0.25) is 0 Å². The maximum absolute atomic E-state index is 5.13. The number of hydrogen-bond acceptors (Lipinski definition) is 4. The molecule has 2 nitrogen and oxygen atoms in total. The van der Waals surface area contributed by atoms with E-state index in [0.717, 1.165) is 39.8 Å². The van der Waals surface area contributed by atoms with Gasteiger partial charge < -0.3 is 10.6 Å². The molecule has 0 aliphatic heterocycles. The average Bonchev–Trinajstić information content (AvgIpc) is 2.22. The summed E-state index contributed by atoms with van der Waals surface area (Å²) >= 11 is 10.2. The molecule has 1 aromatic rings. The molecule has 0 bridgehead atoms. The SMILES string of the molecule is CNCCCCNc1c(C)c(=S)c1=S. The van der Waals surface area contributed by atoms with E-state index in [4.69, 9.17) is 24.4 Å². The predicted octanol–water partition coefficient (Wildman–Crippen LogP) is 2.74. The van der Waals surface area contributed by atoms with Gasteiger partial charge in [0.2, 0.25) is 0 Å². The molecule has 0 amide bonds. The second-order valence-corrected chi connectivity index (χ2v) is 4.21. The quantitative estimate of drug-likeness (QED) is 0.577. The van der Waals surface area contributed by atoms with E-state index in [1.165, 1.54) is 6.42 Å². The molecule has 0 heterocycles. The Morgan fingerprint density at radius 1 is 1.07 bits per heavy atom. The van der Waals surface area contributed by atoms with Crippen LogP contribution in [0.1, 0.15) is 18.4 Å². The normalized spacial score (nSPS) is 10.7. The van der Waals surface area contributed by atoms with Crippen LogP contribution in [-0.2, 0) is 0 Å². The molecule has 0 radical (unpaired) electrons. The molecule has 4 heteroatoms. The standard InChI is InChI=1S/C10H16N2S2/c1-7-8(10(14)9(7)13)12-6-4-3-5-11-2/h11-12H,3-6H2,1-2H3. The van der Waals surface area contributed by atoms with Crippen molar-refractivity contribution >= 4 is 30.1 Å². The van der Waals surface area contributed by atoms with Gasteiger partial charge in [-0.15, -0.1) is 0 Å². The van der Waals surface area contributed by atoms with E-state index in [2.05, 4.69) is 10.6 Å². The van der Waals surface area contributed by atoms with E-state index in [9.17, 15) is 0 Å². The van der Waals surface area contributed by atoms with Crippen LogP contribution < -0.4 is 10.6 Å². The van der Waals surface area contributed by atoms with Crippen molar-refractivity contribution in [3.63, 3.8) is 0 Å². The molecule has 0 fully saturated rings. The van der Waals surface area contributed by atoms with Crippen molar-refractivity contribution < 1.29 is 0 Å². The molecule has 0 spiro atoms. The zero-order chi connectivity index (χ0) is 10.6. The molecular formula is C10H16N2S2. The van der Waals surface area contributed by atoms with Crippen molar-refractivity contribution in [1.82, 2.24) is 5.32 Å². The Kier molecular flexibility index (Phi) is 4.65. The molecule has 0 saturated heterocycles. The van der Waals surface area contributed by atoms with Gasteiger partial charge in [0.05, 0.1) is 14.7 Å². The molecule has 0 atom stereocenters. The highest BCUT2D eigenvalue weighted by molar-refractivity contribution is 7.74. The number of hydrogen-bond donors (Lipinski definition) is 2. The highest BCUT2D eigenvalue weighted by Crippen LogP contribution is 2.24. The van der Waals surface area contributed by atoms with Crippen LogP contribution in [0, 0.1) is 15.9 Å². The van der Waals surface area contributed by atoms with Crippen LogP contribution >= 0.6 is 24.4 Å². The Hall–Kier alpha value is -0.320. The molecule has 0 saturated carbocycles. The summed E-state index contributed by atoms with van der Waals surface area (Å²) in [6.07, 6.45) is 2.35. The van der Waals surface area contributed by atoms with Gasteiger partial charge in [-0.05, 0) is 38.9 Å². The minimum absolute atomic E-state index is 0.839. The number of anilines is 1. The number of rotatable bonds is 6. The van der Waals surface area contributed by atoms with E-state index in [1.807, 2.05) is 14.0 Å².